The molecule has 0 spiro atoms. The van der Waals surface area contributed by atoms with Crippen molar-refractivity contribution in [2.45, 2.75) is 51.7 Å². The molecule has 4 aromatic rings. The molecule has 222 valence electrons. The minimum absolute atomic E-state index is 0.0145. The minimum atomic E-state index is -0.970. The van der Waals surface area contributed by atoms with Crippen LogP contribution in [0.15, 0.2) is 60.2 Å². The Morgan fingerprint density at radius 2 is 1.95 bits per heavy atom. The first kappa shape index (κ1) is 29.0. The Balaban J connectivity index is 1.48. The number of thiazole rings is 1. The van der Waals surface area contributed by atoms with Crippen molar-refractivity contribution in [1.29, 1.82) is 0 Å². The number of Topliss-reactive ketones (excluding diaryl/α,β-unsaturated/α-hetero) is 1. The van der Waals surface area contributed by atoms with Gasteiger partial charge in [-0.1, -0.05) is 48.8 Å². The molecule has 2 aliphatic heterocycles. The number of fused-ring (bicyclic) bond motifs is 2. The molecule has 0 bridgehead atoms. The predicted octanol–water partition coefficient (Wildman–Crippen LogP) is 7.48. The number of carbonyl (C=O) groups is 2. The fourth-order valence-corrected chi connectivity index (χ4v) is 6.84. The molecule has 2 aliphatic rings. The predicted molar refractivity (Wildman–Crippen MR) is 168 cm³/mol. The molecule has 1 aromatic heterocycles. The lowest BCUT2D eigenvalue weighted by molar-refractivity contribution is -0.132. The van der Waals surface area contributed by atoms with Crippen molar-refractivity contribution < 1.29 is 28.9 Å². The Kier molecular flexibility index (Phi) is 8.03. The molecule has 0 unspecified atom stereocenters. The van der Waals surface area contributed by atoms with E-state index in [-0.39, 0.29) is 17.4 Å². The van der Waals surface area contributed by atoms with Crippen LogP contribution in [0.25, 0.3) is 16.0 Å². The van der Waals surface area contributed by atoms with Gasteiger partial charge < -0.3 is 19.3 Å². The number of hydrogen-bond donors (Lipinski definition) is 1. The number of aromatic nitrogens is 1. The topological polar surface area (TPSA) is 98.2 Å². The Bertz CT molecular complexity index is 1770. The van der Waals surface area contributed by atoms with Crippen LogP contribution in [-0.4, -0.2) is 41.6 Å². The summed E-state index contributed by atoms with van der Waals surface area (Å²) < 4.78 is 18.2. The highest BCUT2D eigenvalue weighted by Gasteiger charge is 2.48. The van der Waals surface area contributed by atoms with Crippen LogP contribution in [0, 0.1) is 0 Å². The largest absolute Gasteiger partial charge is 0.507 e. The van der Waals surface area contributed by atoms with Crippen molar-refractivity contribution in [2.75, 3.05) is 18.6 Å². The summed E-state index contributed by atoms with van der Waals surface area (Å²) in [5.41, 5.74) is 2.53. The lowest BCUT2D eigenvalue weighted by Gasteiger charge is -2.24. The molecule has 2 atom stereocenters. The van der Waals surface area contributed by atoms with Crippen LogP contribution >= 0.6 is 22.9 Å². The van der Waals surface area contributed by atoms with Gasteiger partial charge in [-0.3, -0.25) is 14.5 Å². The number of rotatable bonds is 9. The number of hydrogen-bond acceptors (Lipinski definition) is 8. The standard InChI is InChI=1S/C33H31ClN2O6S/c1-4-5-6-13-41-25-12-7-19(16-26(25)40-3)29-28(30(37)20-8-11-24-21(15-20)14-18(2)42-24)31(38)32(39)36(29)33-35-23-10-9-22(34)17-27(23)43-33/h7-12,15-18,29,37H,4-6,13-14H2,1-3H3/b30-28+/t18-,29-/m0/s1. The van der Waals surface area contributed by atoms with Crippen molar-refractivity contribution in [1.82, 2.24) is 4.98 Å². The maximum atomic E-state index is 13.7. The van der Waals surface area contributed by atoms with E-state index >= 15 is 0 Å². The number of nitrogens with zero attached hydrogens (tertiary/aromatic N) is 2. The third kappa shape index (κ3) is 5.43. The van der Waals surface area contributed by atoms with Gasteiger partial charge in [-0.15, -0.1) is 0 Å². The molecular formula is C33H31ClN2O6S. The molecule has 1 saturated heterocycles. The Morgan fingerprint density at radius 3 is 2.74 bits per heavy atom. The molecule has 3 heterocycles. The molecular weight excluding hydrogens is 588 g/mol. The average Bonchev–Trinajstić information content (AvgIpc) is 3.66. The minimum Gasteiger partial charge on any atom is -0.507 e. The van der Waals surface area contributed by atoms with E-state index in [9.17, 15) is 14.7 Å². The van der Waals surface area contributed by atoms with Crippen molar-refractivity contribution in [3.63, 3.8) is 0 Å². The second-order valence-corrected chi connectivity index (χ2v) is 12.1. The van der Waals surface area contributed by atoms with Gasteiger partial charge in [0.1, 0.15) is 17.6 Å². The highest BCUT2D eigenvalue weighted by atomic mass is 35.5. The van der Waals surface area contributed by atoms with Gasteiger partial charge in [-0.05, 0) is 73.0 Å². The van der Waals surface area contributed by atoms with Gasteiger partial charge in [-0.25, -0.2) is 4.98 Å². The number of aliphatic hydroxyl groups is 1. The zero-order valence-corrected chi connectivity index (χ0v) is 25.6. The lowest BCUT2D eigenvalue weighted by atomic mass is 9.94. The molecule has 1 amide bonds. The Morgan fingerprint density at radius 1 is 1.12 bits per heavy atom. The summed E-state index contributed by atoms with van der Waals surface area (Å²) in [5, 5.41) is 12.5. The van der Waals surface area contributed by atoms with E-state index in [0.717, 1.165) is 35.3 Å². The number of carbonyl (C=O) groups excluding carboxylic acids is 2. The maximum Gasteiger partial charge on any atom is 0.301 e. The Hall–Kier alpha value is -4.08. The SMILES string of the molecule is CCCCCOc1ccc([C@H]2/C(=C(\O)c3ccc4c(c3)C[C@H](C)O4)C(=O)C(=O)N2c2nc3ccc(Cl)cc3s2)cc1OC. The number of ketones is 1. The molecule has 6 rings (SSSR count). The number of aliphatic hydroxyl groups excluding tert-OH is 1. The first-order chi connectivity index (χ1) is 20.8. The lowest BCUT2D eigenvalue weighted by Crippen LogP contribution is -2.29. The summed E-state index contributed by atoms with van der Waals surface area (Å²) in [6, 6.07) is 14.9. The molecule has 8 nitrogen and oxygen atoms in total. The number of benzene rings is 3. The molecule has 0 saturated carbocycles. The van der Waals surface area contributed by atoms with E-state index < -0.39 is 17.7 Å². The third-order valence-corrected chi connectivity index (χ3v) is 8.92. The summed E-state index contributed by atoms with van der Waals surface area (Å²) in [5.74, 6) is -0.0943. The van der Waals surface area contributed by atoms with Crippen molar-refractivity contribution >= 4 is 55.7 Å². The molecule has 3 aromatic carbocycles. The van der Waals surface area contributed by atoms with Gasteiger partial charge in [0, 0.05) is 17.0 Å². The average molecular weight is 619 g/mol. The summed E-state index contributed by atoms with van der Waals surface area (Å²) >= 11 is 7.47. The number of methoxy groups -OCH3 is 1. The van der Waals surface area contributed by atoms with E-state index in [1.165, 1.54) is 16.2 Å². The van der Waals surface area contributed by atoms with Gasteiger partial charge in [0.05, 0.1) is 35.5 Å². The zero-order valence-electron chi connectivity index (χ0n) is 24.1. The number of halogens is 1. The fraction of sp³-hybridized carbons (Fsp3) is 0.303. The number of amides is 1. The maximum absolute atomic E-state index is 13.7. The van der Waals surface area contributed by atoms with Gasteiger partial charge >= 0.3 is 5.91 Å². The van der Waals surface area contributed by atoms with Crippen LogP contribution in [0.5, 0.6) is 17.2 Å². The first-order valence-corrected chi connectivity index (χ1v) is 15.5. The highest BCUT2D eigenvalue weighted by Crippen LogP contribution is 2.46. The second kappa shape index (κ2) is 11.9. The van der Waals surface area contributed by atoms with E-state index in [1.54, 1.807) is 55.6 Å². The second-order valence-electron chi connectivity index (χ2n) is 10.7. The first-order valence-electron chi connectivity index (χ1n) is 14.3. The molecule has 1 fully saturated rings. The molecule has 1 N–H and O–H groups in total. The summed E-state index contributed by atoms with van der Waals surface area (Å²) in [4.78, 5) is 33.5. The molecule has 0 radical (unpaired) electrons. The normalized spacial score (nSPS) is 19.1. The van der Waals surface area contributed by atoms with Crippen LogP contribution in [-0.2, 0) is 16.0 Å². The van der Waals surface area contributed by atoms with Crippen LogP contribution in [0.3, 0.4) is 0 Å². The fourth-order valence-electron chi connectivity index (χ4n) is 5.57. The zero-order chi connectivity index (χ0) is 30.2. The molecule has 0 aliphatic carbocycles. The van der Waals surface area contributed by atoms with Crippen molar-refractivity contribution in [2.24, 2.45) is 0 Å². The third-order valence-electron chi connectivity index (χ3n) is 7.67. The monoisotopic (exact) mass is 618 g/mol. The van der Waals surface area contributed by atoms with Crippen LogP contribution in [0.4, 0.5) is 5.13 Å². The molecule has 43 heavy (non-hydrogen) atoms. The van der Waals surface area contributed by atoms with Crippen molar-refractivity contribution in [3.8, 4) is 17.2 Å². The Labute approximate surface area is 258 Å². The summed E-state index contributed by atoms with van der Waals surface area (Å²) in [6.45, 7) is 4.64. The van der Waals surface area contributed by atoms with E-state index in [2.05, 4.69) is 11.9 Å². The van der Waals surface area contributed by atoms with Gasteiger partial charge in [0.25, 0.3) is 5.78 Å². The highest BCUT2D eigenvalue weighted by molar-refractivity contribution is 7.22. The smallest absolute Gasteiger partial charge is 0.301 e. The van der Waals surface area contributed by atoms with Gasteiger partial charge in [-0.2, -0.15) is 0 Å². The summed E-state index contributed by atoms with van der Waals surface area (Å²) in [7, 11) is 1.54. The van der Waals surface area contributed by atoms with E-state index in [1.807, 2.05) is 13.0 Å². The van der Waals surface area contributed by atoms with Crippen LogP contribution in [0.2, 0.25) is 5.02 Å². The number of anilines is 1. The van der Waals surface area contributed by atoms with Gasteiger partial charge in [0.15, 0.2) is 16.6 Å². The summed E-state index contributed by atoms with van der Waals surface area (Å²) in [6.07, 6.45) is 3.73. The molecule has 10 heteroatoms. The number of ether oxygens (including phenoxy) is 3. The quantitative estimate of drug-likeness (QED) is 0.0899. The van der Waals surface area contributed by atoms with Crippen molar-refractivity contribution in [3.05, 3.63) is 81.9 Å². The van der Waals surface area contributed by atoms with Crippen LogP contribution < -0.4 is 19.1 Å². The van der Waals surface area contributed by atoms with Crippen LogP contribution in [0.1, 0.15) is 55.8 Å². The van der Waals surface area contributed by atoms with Gasteiger partial charge in [0.2, 0.25) is 0 Å². The number of unbranched alkanes of at least 4 members (excludes halogenated alkanes) is 2. The van der Waals surface area contributed by atoms with E-state index in [4.69, 9.17) is 25.8 Å². The van der Waals surface area contributed by atoms with E-state index in [0.29, 0.717) is 51.3 Å².